The predicted molar refractivity (Wildman–Crippen MR) is 70.0 cm³/mol. The van der Waals surface area contributed by atoms with Gasteiger partial charge < -0.3 is 10.3 Å². The largest absolute Gasteiger partial charge is 0.334 e. The molecular formula is C13H16ClN3. The number of aromatic nitrogens is 2. The van der Waals surface area contributed by atoms with Crippen molar-refractivity contribution in [2.24, 2.45) is 5.73 Å². The van der Waals surface area contributed by atoms with E-state index in [2.05, 4.69) is 16.5 Å². The maximum absolute atomic E-state index is 6.17. The average Bonchev–Trinajstić information content (AvgIpc) is 2.80. The lowest BCUT2D eigenvalue weighted by Crippen LogP contribution is -2.18. The summed E-state index contributed by atoms with van der Waals surface area (Å²) >= 11 is 6.12. The van der Waals surface area contributed by atoms with Crippen molar-refractivity contribution in [1.82, 2.24) is 9.55 Å². The fourth-order valence-corrected chi connectivity index (χ4v) is 2.12. The van der Waals surface area contributed by atoms with Gasteiger partial charge in [-0.2, -0.15) is 0 Å². The molecule has 0 bridgehead atoms. The number of halogens is 1. The number of imidazole rings is 1. The van der Waals surface area contributed by atoms with E-state index in [9.17, 15) is 0 Å². The molecule has 4 heteroatoms. The van der Waals surface area contributed by atoms with Crippen LogP contribution in [0, 0.1) is 0 Å². The molecule has 3 nitrogen and oxygen atoms in total. The van der Waals surface area contributed by atoms with Gasteiger partial charge in [0, 0.05) is 24.0 Å². The summed E-state index contributed by atoms with van der Waals surface area (Å²) in [7, 11) is 0. The van der Waals surface area contributed by atoms with Gasteiger partial charge in [-0.15, -0.1) is 0 Å². The lowest BCUT2D eigenvalue weighted by Gasteiger charge is -2.13. The molecule has 0 saturated heterocycles. The molecule has 0 radical (unpaired) electrons. The van der Waals surface area contributed by atoms with Crippen molar-refractivity contribution in [2.45, 2.75) is 25.9 Å². The van der Waals surface area contributed by atoms with E-state index in [1.165, 1.54) is 0 Å². The molecule has 2 rings (SSSR count). The van der Waals surface area contributed by atoms with E-state index in [-0.39, 0.29) is 6.04 Å². The first-order valence-electron chi connectivity index (χ1n) is 5.72. The topological polar surface area (TPSA) is 43.8 Å². The molecule has 0 aliphatic carbocycles. The van der Waals surface area contributed by atoms with Crippen molar-refractivity contribution < 1.29 is 0 Å². The molecule has 90 valence electrons. The molecule has 0 fully saturated rings. The van der Waals surface area contributed by atoms with Crippen LogP contribution in [0.25, 0.3) is 0 Å². The van der Waals surface area contributed by atoms with Crippen LogP contribution in [0.15, 0.2) is 36.7 Å². The lowest BCUT2D eigenvalue weighted by atomic mass is 10.1. The number of hydrogen-bond acceptors (Lipinski definition) is 2. The van der Waals surface area contributed by atoms with Crippen LogP contribution in [-0.2, 0) is 13.0 Å². The predicted octanol–water partition coefficient (Wildman–Crippen LogP) is 2.80. The van der Waals surface area contributed by atoms with E-state index in [1.807, 2.05) is 30.5 Å². The first-order valence-corrected chi connectivity index (χ1v) is 6.10. The van der Waals surface area contributed by atoms with Gasteiger partial charge in [0.25, 0.3) is 0 Å². The number of nitrogens with two attached hydrogens (primary N) is 1. The van der Waals surface area contributed by atoms with Gasteiger partial charge in [-0.05, 0) is 25.0 Å². The van der Waals surface area contributed by atoms with Gasteiger partial charge in [-0.3, -0.25) is 0 Å². The summed E-state index contributed by atoms with van der Waals surface area (Å²) in [5, 5.41) is 0.762. The summed E-state index contributed by atoms with van der Waals surface area (Å²) in [5.41, 5.74) is 7.24. The van der Waals surface area contributed by atoms with Gasteiger partial charge in [0.1, 0.15) is 5.82 Å². The number of benzene rings is 1. The highest BCUT2D eigenvalue weighted by molar-refractivity contribution is 6.31. The highest BCUT2D eigenvalue weighted by Crippen LogP contribution is 2.21. The molecule has 1 aromatic carbocycles. The molecule has 0 aliphatic rings. The first kappa shape index (κ1) is 12.1. The van der Waals surface area contributed by atoms with Crippen LogP contribution in [0.4, 0.5) is 0 Å². The number of hydrogen-bond donors (Lipinski definition) is 1. The molecule has 0 amide bonds. The summed E-state index contributed by atoms with van der Waals surface area (Å²) in [6.45, 7) is 2.96. The van der Waals surface area contributed by atoms with E-state index in [0.717, 1.165) is 23.0 Å². The van der Waals surface area contributed by atoms with Crippen LogP contribution in [0.2, 0.25) is 5.02 Å². The number of aryl methyl sites for hydroxylation is 1. The Bertz CT molecular complexity index is 493. The van der Waals surface area contributed by atoms with Gasteiger partial charge in [-0.1, -0.05) is 29.8 Å². The minimum Gasteiger partial charge on any atom is -0.334 e. The Hall–Kier alpha value is -1.32. The molecule has 1 unspecified atom stereocenters. The monoisotopic (exact) mass is 249 g/mol. The van der Waals surface area contributed by atoms with Crippen LogP contribution < -0.4 is 5.73 Å². The van der Waals surface area contributed by atoms with Gasteiger partial charge in [0.05, 0.1) is 6.04 Å². The molecule has 0 saturated carbocycles. The third-order valence-electron chi connectivity index (χ3n) is 2.82. The Morgan fingerprint density at radius 2 is 2.18 bits per heavy atom. The molecule has 1 atom stereocenters. The second-order valence-corrected chi connectivity index (χ2v) is 4.38. The van der Waals surface area contributed by atoms with E-state index >= 15 is 0 Å². The Labute approximate surface area is 106 Å². The van der Waals surface area contributed by atoms with Crippen LogP contribution in [0.1, 0.15) is 24.4 Å². The van der Waals surface area contributed by atoms with Gasteiger partial charge in [-0.25, -0.2) is 4.98 Å². The van der Waals surface area contributed by atoms with Gasteiger partial charge in [0.2, 0.25) is 0 Å². The minimum atomic E-state index is -0.121. The van der Waals surface area contributed by atoms with E-state index in [0.29, 0.717) is 6.42 Å². The van der Waals surface area contributed by atoms with E-state index < -0.39 is 0 Å². The number of nitrogens with zero attached hydrogens (tertiary/aromatic N) is 2. The molecule has 2 N–H and O–H groups in total. The Morgan fingerprint density at radius 3 is 2.88 bits per heavy atom. The first-order chi connectivity index (χ1) is 8.22. The second kappa shape index (κ2) is 5.34. The van der Waals surface area contributed by atoms with Crippen molar-refractivity contribution >= 4 is 11.6 Å². The molecule has 17 heavy (non-hydrogen) atoms. The summed E-state index contributed by atoms with van der Waals surface area (Å²) in [5.74, 6) is 0.910. The van der Waals surface area contributed by atoms with Crippen molar-refractivity contribution in [3.63, 3.8) is 0 Å². The fraction of sp³-hybridized carbons (Fsp3) is 0.308. The van der Waals surface area contributed by atoms with E-state index in [4.69, 9.17) is 17.3 Å². The Kier molecular flexibility index (Phi) is 3.82. The zero-order valence-electron chi connectivity index (χ0n) is 9.81. The standard InChI is InChI=1S/C13H16ClN3/c1-2-17-8-7-16-13(17)12(15)9-10-5-3-4-6-11(10)14/h3-8,12H,2,9,15H2,1H3. The Balaban J connectivity index is 2.17. The summed E-state index contributed by atoms with van der Waals surface area (Å²) in [6, 6.07) is 7.66. The normalized spacial score (nSPS) is 12.6. The quantitative estimate of drug-likeness (QED) is 0.906. The molecule has 0 aliphatic heterocycles. The van der Waals surface area contributed by atoms with Crippen LogP contribution in [0.5, 0.6) is 0 Å². The maximum atomic E-state index is 6.17. The van der Waals surface area contributed by atoms with Crippen LogP contribution in [0.3, 0.4) is 0 Å². The average molecular weight is 250 g/mol. The third-order valence-corrected chi connectivity index (χ3v) is 3.19. The summed E-state index contributed by atoms with van der Waals surface area (Å²) in [6.07, 6.45) is 4.43. The van der Waals surface area contributed by atoms with E-state index in [1.54, 1.807) is 6.20 Å². The summed E-state index contributed by atoms with van der Waals surface area (Å²) in [4.78, 5) is 4.31. The van der Waals surface area contributed by atoms with Crippen LogP contribution >= 0.6 is 11.6 Å². The van der Waals surface area contributed by atoms with Crippen LogP contribution in [-0.4, -0.2) is 9.55 Å². The smallest absolute Gasteiger partial charge is 0.125 e. The second-order valence-electron chi connectivity index (χ2n) is 3.97. The van der Waals surface area contributed by atoms with Crippen molar-refractivity contribution in [3.05, 3.63) is 53.1 Å². The minimum absolute atomic E-state index is 0.121. The molecular weight excluding hydrogens is 234 g/mol. The zero-order chi connectivity index (χ0) is 12.3. The SMILES string of the molecule is CCn1ccnc1C(N)Cc1ccccc1Cl. The fourth-order valence-electron chi connectivity index (χ4n) is 1.91. The maximum Gasteiger partial charge on any atom is 0.125 e. The summed E-state index contributed by atoms with van der Waals surface area (Å²) < 4.78 is 2.06. The zero-order valence-corrected chi connectivity index (χ0v) is 10.6. The molecule has 2 aromatic rings. The molecule has 1 heterocycles. The highest BCUT2D eigenvalue weighted by Gasteiger charge is 2.13. The van der Waals surface area contributed by atoms with Gasteiger partial charge >= 0.3 is 0 Å². The van der Waals surface area contributed by atoms with Crippen molar-refractivity contribution in [2.75, 3.05) is 0 Å². The molecule has 0 spiro atoms. The number of rotatable bonds is 4. The lowest BCUT2D eigenvalue weighted by molar-refractivity contribution is 0.600. The van der Waals surface area contributed by atoms with Crippen molar-refractivity contribution in [1.29, 1.82) is 0 Å². The third kappa shape index (κ3) is 2.68. The van der Waals surface area contributed by atoms with Crippen molar-refractivity contribution in [3.8, 4) is 0 Å². The van der Waals surface area contributed by atoms with Gasteiger partial charge in [0.15, 0.2) is 0 Å². The molecule has 1 aromatic heterocycles. The highest BCUT2D eigenvalue weighted by atomic mass is 35.5. The Morgan fingerprint density at radius 1 is 1.41 bits per heavy atom.